The Balaban J connectivity index is -0.000000333. The molecule has 0 amide bonds. The van der Waals surface area contributed by atoms with Gasteiger partial charge in [0, 0.05) is 0 Å². The Labute approximate surface area is 89.6 Å². The largest absolute Gasteiger partial charge is 2.00 e. The molecule has 1 saturated carbocycles. The maximum absolute atomic E-state index is 2.32. The van der Waals surface area contributed by atoms with Crippen molar-refractivity contribution in [3.63, 3.8) is 0 Å². The van der Waals surface area contributed by atoms with Gasteiger partial charge in [-0.2, -0.15) is 0 Å². The van der Waals surface area contributed by atoms with E-state index in [0.29, 0.717) is 0 Å². The van der Waals surface area contributed by atoms with E-state index in [1.54, 1.807) is 0 Å². The quantitative estimate of drug-likeness (QED) is 0.434. The monoisotopic (exact) mass is 164 g/mol. The standard InChI is InChI=1S/C10H18.Mg.2H/c1-2-3-7-10-8-5-4-6-9-10;;;/h2-3,10H,4-9H2,1H3;;;/q;+2;2*-1/b3-2+;;;. The minimum atomic E-state index is 0. The van der Waals surface area contributed by atoms with Crippen molar-refractivity contribution < 1.29 is 2.85 Å². The van der Waals surface area contributed by atoms with Crippen molar-refractivity contribution in [2.45, 2.75) is 45.4 Å². The summed E-state index contributed by atoms with van der Waals surface area (Å²) >= 11 is 0. The van der Waals surface area contributed by atoms with Crippen LogP contribution in [0, 0.1) is 5.92 Å². The molecule has 62 valence electrons. The van der Waals surface area contributed by atoms with E-state index in [4.69, 9.17) is 0 Å². The average Bonchev–Trinajstić information content (AvgIpc) is 2.03. The van der Waals surface area contributed by atoms with Crippen molar-refractivity contribution in [1.29, 1.82) is 0 Å². The molecule has 0 aromatic carbocycles. The summed E-state index contributed by atoms with van der Waals surface area (Å²) in [6.45, 7) is 2.11. The second kappa shape index (κ2) is 7.17. The molecule has 0 saturated heterocycles. The molecular weight excluding hydrogens is 144 g/mol. The first kappa shape index (κ1) is 11.5. The van der Waals surface area contributed by atoms with E-state index in [-0.39, 0.29) is 25.9 Å². The number of rotatable bonds is 2. The molecule has 1 heteroatoms. The SMILES string of the molecule is C/C=C/CC1CCCCC1.[H-].[H-].[Mg+2]. The molecule has 0 aliphatic heterocycles. The Morgan fingerprint density at radius 2 is 1.91 bits per heavy atom. The summed E-state index contributed by atoms with van der Waals surface area (Å²) in [4.78, 5) is 0. The van der Waals surface area contributed by atoms with Crippen LogP contribution in [0.25, 0.3) is 0 Å². The molecule has 0 atom stereocenters. The smallest absolute Gasteiger partial charge is 1.00 e. The first-order valence-corrected chi connectivity index (χ1v) is 4.54. The molecule has 0 nitrogen and oxygen atoms in total. The fourth-order valence-corrected chi connectivity index (χ4v) is 1.75. The van der Waals surface area contributed by atoms with Gasteiger partial charge in [-0.25, -0.2) is 0 Å². The molecule has 0 N–H and O–H groups in total. The van der Waals surface area contributed by atoms with Crippen LogP contribution in [-0.4, -0.2) is 23.1 Å². The number of hydrogen-bond acceptors (Lipinski definition) is 0. The van der Waals surface area contributed by atoms with Gasteiger partial charge < -0.3 is 2.85 Å². The average molecular weight is 165 g/mol. The number of allylic oxidation sites excluding steroid dienone is 2. The first-order valence-electron chi connectivity index (χ1n) is 4.54. The fraction of sp³-hybridized carbons (Fsp3) is 0.800. The summed E-state index contributed by atoms with van der Waals surface area (Å²) in [7, 11) is 0. The van der Waals surface area contributed by atoms with E-state index in [2.05, 4.69) is 19.1 Å². The summed E-state index contributed by atoms with van der Waals surface area (Å²) in [6.07, 6.45) is 13.2. The van der Waals surface area contributed by atoms with Gasteiger partial charge in [-0.05, 0) is 19.3 Å². The summed E-state index contributed by atoms with van der Waals surface area (Å²) in [6, 6.07) is 0. The van der Waals surface area contributed by atoms with Crippen molar-refractivity contribution in [2.24, 2.45) is 5.92 Å². The Morgan fingerprint density at radius 1 is 1.27 bits per heavy atom. The molecular formula is C10H20Mg. The van der Waals surface area contributed by atoms with Gasteiger partial charge in [0.1, 0.15) is 0 Å². The molecule has 0 spiro atoms. The fourth-order valence-electron chi connectivity index (χ4n) is 1.75. The van der Waals surface area contributed by atoms with Crippen molar-refractivity contribution in [3.8, 4) is 0 Å². The van der Waals surface area contributed by atoms with Crippen LogP contribution in [-0.2, 0) is 0 Å². The van der Waals surface area contributed by atoms with Gasteiger partial charge in [-0.1, -0.05) is 44.3 Å². The second-order valence-corrected chi connectivity index (χ2v) is 3.31. The Morgan fingerprint density at radius 3 is 2.45 bits per heavy atom. The van der Waals surface area contributed by atoms with Crippen molar-refractivity contribution in [1.82, 2.24) is 0 Å². The van der Waals surface area contributed by atoms with Crippen molar-refractivity contribution in [2.75, 3.05) is 0 Å². The predicted molar refractivity (Wildman–Crippen MR) is 54.0 cm³/mol. The minimum Gasteiger partial charge on any atom is -1.00 e. The van der Waals surface area contributed by atoms with Gasteiger partial charge in [0.25, 0.3) is 0 Å². The third-order valence-electron chi connectivity index (χ3n) is 2.43. The van der Waals surface area contributed by atoms with Gasteiger partial charge in [0.15, 0.2) is 0 Å². The molecule has 1 rings (SSSR count). The Kier molecular flexibility index (Phi) is 7.50. The molecule has 1 aliphatic carbocycles. The molecule has 0 aromatic rings. The van der Waals surface area contributed by atoms with Gasteiger partial charge in [-0.3, -0.25) is 0 Å². The van der Waals surface area contributed by atoms with Crippen LogP contribution < -0.4 is 0 Å². The zero-order chi connectivity index (χ0) is 7.23. The maximum Gasteiger partial charge on any atom is 2.00 e. The molecule has 0 unspecified atom stereocenters. The molecule has 0 aromatic heterocycles. The molecule has 11 heavy (non-hydrogen) atoms. The van der Waals surface area contributed by atoms with E-state index < -0.39 is 0 Å². The van der Waals surface area contributed by atoms with Crippen molar-refractivity contribution in [3.05, 3.63) is 12.2 Å². The third kappa shape index (κ3) is 4.86. The third-order valence-corrected chi connectivity index (χ3v) is 2.43. The Hall–Kier alpha value is 0.506. The van der Waals surface area contributed by atoms with Crippen LogP contribution in [0.4, 0.5) is 0 Å². The first-order chi connectivity index (χ1) is 4.93. The molecule has 0 heterocycles. The van der Waals surface area contributed by atoms with Gasteiger partial charge in [0.05, 0.1) is 0 Å². The normalized spacial score (nSPS) is 20.1. The van der Waals surface area contributed by atoms with E-state index in [9.17, 15) is 0 Å². The second-order valence-electron chi connectivity index (χ2n) is 3.31. The van der Waals surface area contributed by atoms with Crippen LogP contribution in [0.15, 0.2) is 12.2 Å². The maximum atomic E-state index is 2.32. The molecule has 0 bridgehead atoms. The van der Waals surface area contributed by atoms with Gasteiger partial charge in [0.2, 0.25) is 0 Å². The number of hydrogen-bond donors (Lipinski definition) is 0. The van der Waals surface area contributed by atoms with Crippen LogP contribution in [0.3, 0.4) is 0 Å². The summed E-state index contributed by atoms with van der Waals surface area (Å²) in [5, 5.41) is 0. The molecule has 1 fully saturated rings. The Bertz CT molecular complexity index is 109. The molecule has 0 radical (unpaired) electrons. The van der Waals surface area contributed by atoms with Crippen LogP contribution in [0.1, 0.15) is 48.3 Å². The van der Waals surface area contributed by atoms with E-state index in [0.717, 1.165) is 5.92 Å². The predicted octanol–water partition coefficient (Wildman–Crippen LogP) is 3.38. The van der Waals surface area contributed by atoms with Crippen LogP contribution >= 0.6 is 0 Å². The van der Waals surface area contributed by atoms with E-state index in [1.165, 1.54) is 38.5 Å². The van der Waals surface area contributed by atoms with E-state index >= 15 is 0 Å². The van der Waals surface area contributed by atoms with Crippen molar-refractivity contribution >= 4 is 23.1 Å². The van der Waals surface area contributed by atoms with Gasteiger partial charge in [-0.15, -0.1) is 0 Å². The van der Waals surface area contributed by atoms with Gasteiger partial charge >= 0.3 is 23.1 Å². The van der Waals surface area contributed by atoms with Crippen LogP contribution in [0.2, 0.25) is 0 Å². The summed E-state index contributed by atoms with van der Waals surface area (Å²) < 4.78 is 0. The van der Waals surface area contributed by atoms with Crippen LogP contribution in [0.5, 0.6) is 0 Å². The van der Waals surface area contributed by atoms with E-state index in [1.807, 2.05) is 0 Å². The zero-order valence-electron chi connectivity index (χ0n) is 9.68. The molecule has 1 aliphatic rings. The minimum absolute atomic E-state index is 0. The summed E-state index contributed by atoms with van der Waals surface area (Å²) in [5.74, 6) is 1.02. The summed E-state index contributed by atoms with van der Waals surface area (Å²) in [5.41, 5.74) is 0. The zero-order valence-corrected chi connectivity index (χ0v) is 9.10. The topological polar surface area (TPSA) is 0 Å².